The molecule has 0 spiro atoms. The van der Waals surface area contributed by atoms with Crippen LogP contribution in [-0.4, -0.2) is 36.4 Å². The molecule has 0 rings (SSSR count). The third-order valence-electron chi connectivity index (χ3n) is 9.51. The molecular formula is C49H84O5. The predicted molar refractivity (Wildman–Crippen MR) is 233 cm³/mol. The van der Waals surface area contributed by atoms with Gasteiger partial charge in [-0.1, -0.05) is 202 Å². The minimum absolute atomic E-state index is 0.0662. The Morgan fingerprint density at radius 2 is 0.796 bits per heavy atom. The maximum Gasteiger partial charge on any atom is 0.306 e. The number of unbranched alkanes of at least 4 members (excludes halogenated alkanes) is 20. The molecule has 54 heavy (non-hydrogen) atoms. The van der Waals surface area contributed by atoms with E-state index in [1.54, 1.807) is 0 Å². The SMILES string of the molecule is CC/C=C\C/C=C\C/C=C\C/C=C\C/C=C\C/C=C\CCCCCCCCCCCCCCCCC(=O)OC(CO)COC(=O)CCCCCCCCC. The fourth-order valence-electron chi connectivity index (χ4n) is 6.15. The molecule has 1 atom stereocenters. The van der Waals surface area contributed by atoms with Gasteiger partial charge in [0.05, 0.1) is 6.61 Å². The van der Waals surface area contributed by atoms with Gasteiger partial charge in [0, 0.05) is 12.8 Å². The Morgan fingerprint density at radius 1 is 0.444 bits per heavy atom. The lowest BCUT2D eigenvalue weighted by Gasteiger charge is -2.15. The molecule has 0 radical (unpaired) electrons. The molecule has 0 aliphatic heterocycles. The molecule has 1 N–H and O–H groups in total. The minimum atomic E-state index is -0.769. The van der Waals surface area contributed by atoms with Crippen LogP contribution in [0.4, 0.5) is 0 Å². The molecule has 0 bridgehead atoms. The van der Waals surface area contributed by atoms with Crippen LogP contribution in [0.2, 0.25) is 0 Å². The van der Waals surface area contributed by atoms with Gasteiger partial charge >= 0.3 is 11.9 Å². The van der Waals surface area contributed by atoms with Crippen LogP contribution < -0.4 is 0 Å². The van der Waals surface area contributed by atoms with Gasteiger partial charge in [0.1, 0.15) is 6.61 Å². The van der Waals surface area contributed by atoms with Crippen molar-refractivity contribution in [2.75, 3.05) is 13.2 Å². The first-order chi connectivity index (χ1) is 26.6. The van der Waals surface area contributed by atoms with Gasteiger partial charge < -0.3 is 14.6 Å². The molecule has 5 nitrogen and oxygen atoms in total. The summed E-state index contributed by atoms with van der Waals surface area (Å²) in [6.45, 7) is 3.97. The summed E-state index contributed by atoms with van der Waals surface area (Å²) < 4.78 is 10.6. The molecule has 0 aromatic heterocycles. The monoisotopic (exact) mass is 753 g/mol. The predicted octanol–water partition coefficient (Wildman–Crippen LogP) is 14.5. The minimum Gasteiger partial charge on any atom is -0.462 e. The average Bonchev–Trinajstić information content (AvgIpc) is 3.17. The number of allylic oxidation sites excluding steroid dienone is 12. The molecule has 0 aliphatic rings. The second-order valence-corrected chi connectivity index (χ2v) is 14.8. The van der Waals surface area contributed by atoms with E-state index in [0.29, 0.717) is 12.8 Å². The van der Waals surface area contributed by atoms with Crippen molar-refractivity contribution in [3.63, 3.8) is 0 Å². The molecule has 0 saturated heterocycles. The number of esters is 2. The summed E-state index contributed by atoms with van der Waals surface area (Å²) in [5.74, 6) is -0.598. The summed E-state index contributed by atoms with van der Waals surface area (Å²) in [4.78, 5) is 24.1. The quantitative estimate of drug-likeness (QED) is 0.0383. The maximum absolute atomic E-state index is 12.2. The highest BCUT2D eigenvalue weighted by Crippen LogP contribution is 2.15. The lowest BCUT2D eigenvalue weighted by molar-refractivity contribution is -0.161. The van der Waals surface area contributed by atoms with E-state index in [9.17, 15) is 14.7 Å². The maximum atomic E-state index is 12.2. The largest absolute Gasteiger partial charge is 0.462 e. The lowest BCUT2D eigenvalue weighted by Crippen LogP contribution is -2.28. The molecule has 310 valence electrons. The van der Waals surface area contributed by atoms with E-state index in [0.717, 1.165) is 77.0 Å². The van der Waals surface area contributed by atoms with Gasteiger partial charge in [-0.2, -0.15) is 0 Å². The van der Waals surface area contributed by atoms with Gasteiger partial charge in [-0.15, -0.1) is 0 Å². The normalized spacial score (nSPS) is 12.9. The van der Waals surface area contributed by atoms with Crippen molar-refractivity contribution in [3.8, 4) is 0 Å². The Bertz CT molecular complexity index is 988. The number of hydrogen-bond acceptors (Lipinski definition) is 5. The van der Waals surface area contributed by atoms with E-state index in [1.807, 2.05) is 0 Å². The third-order valence-corrected chi connectivity index (χ3v) is 9.51. The average molecular weight is 753 g/mol. The van der Waals surface area contributed by atoms with Crippen LogP contribution in [0.3, 0.4) is 0 Å². The first kappa shape index (κ1) is 51.3. The third kappa shape index (κ3) is 42.1. The molecule has 0 heterocycles. The highest BCUT2D eigenvalue weighted by molar-refractivity contribution is 5.70. The molecule has 0 aliphatic carbocycles. The Labute approximate surface area is 333 Å². The number of ether oxygens (including phenoxy) is 2. The van der Waals surface area contributed by atoms with Crippen molar-refractivity contribution in [2.24, 2.45) is 0 Å². The molecule has 1 unspecified atom stereocenters. The van der Waals surface area contributed by atoms with Crippen LogP contribution in [-0.2, 0) is 19.1 Å². The zero-order valence-corrected chi connectivity index (χ0v) is 35.2. The first-order valence-corrected chi connectivity index (χ1v) is 22.5. The van der Waals surface area contributed by atoms with Crippen LogP contribution in [0.25, 0.3) is 0 Å². The van der Waals surface area contributed by atoms with Crippen molar-refractivity contribution in [1.29, 1.82) is 0 Å². The second-order valence-electron chi connectivity index (χ2n) is 14.8. The summed E-state index contributed by atoms with van der Waals surface area (Å²) in [5.41, 5.74) is 0. The number of hydrogen-bond donors (Lipinski definition) is 1. The van der Waals surface area contributed by atoms with E-state index in [4.69, 9.17) is 9.47 Å². The van der Waals surface area contributed by atoms with Gasteiger partial charge in [0.25, 0.3) is 0 Å². The summed E-state index contributed by atoms with van der Waals surface area (Å²) in [6.07, 6.45) is 60.1. The van der Waals surface area contributed by atoms with E-state index in [-0.39, 0.29) is 25.2 Å². The molecule has 5 heteroatoms. The van der Waals surface area contributed by atoms with Crippen molar-refractivity contribution in [3.05, 3.63) is 72.9 Å². The van der Waals surface area contributed by atoms with E-state index in [2.05, 4.69) is 86.8 Å². The highest BCUT2D eigenvalue weighted by atomic mass is 16.6. The van der Waals surface area contributed by atoms with E-state index in [1.165, 1.54) is 103 Å². The van der Waals surface area contributed by atoms with Gasteiger partial charge in [-0.25, -0.2) is 0 Å². The second kappa shape index (κ2) is 44.7. The molecule has 0 saturated carbocycles. The fraction of sp³-hybridized carbons (Fsp3) is 0.714. The van der Waals surface area contributed by atoms with Crippen LogP contribution >= 0.6 is 0 Å². The summed E-state index contributed by atoms with van der Waals surface area (Å²) in [5, 5.41) is 9.52. The smallest absolute Gasteiger partial charge is 0.306 e. The van der Waals surface area contributed by atoms with E-state index < -0.39 is 6.10 Å². The van der Waals surface area contributed by atoms with Gasteiger partial charge in [0.2, 0.25) is 0 Å². The van der Waals surface area contributed by atoms with Gasteiger partial charge in [-0.3, -0.25) is 9.59 Å². The Hall–Kier alpha value is -2.66. The Balaban J connectivity index is 3.48. The van der Waals surface area contributed by atoms with Crippen LogP contribution in [0, 0.1) is 0 Å². The zero-order valence-electron chi connectivity index (χ0n) is 35.2. The number of carbonyl (C=O) groups excluding carboxylic acids is 2. The first-order valence-electron chi connectivity index (χ1n) is 22.5. The van der Waals surface area contributed by atoms with Gasteiger partial charge in [0.15, 0.2) is 6.10 Å². The van der Waals surface area contributed by atoms with Gasteiger partial charge in [-0.05, 0) is 64.2 Å². The fourth-order valence-corrected chi connectivity index (χ4v) is 6.15. The van der Waals surface area contributed by atoms with Crippen LogP contribution in [0.15, 0.2) is 72.9 Å². The van der Waals surface area contributed by atoms with Crippen molar-refractivity contribution in [1.82, 2.24) is 0 Å². The van der Waals surface area contributed by atoms with Crippen molar-refractivity contribution in [2.45, 2.75) is 213 Å². The molecule has 0 amide bonds. The van der Waals surface area contributed by atoms with Crippen molar-refractivity contribution >= 4 is 11.9 Å². The Morgan fingerprint density at radius 3 is 1.20 bits per heavy atom. The number of carbonyl (C=O) groups is 2. The zero-order chi connectivity index (χ0) is 39.3. The highest BCUT2D eigenvalue weighted by Gasteiger charge is 2.16. The van der Waals surface area contributed by atoms with Crippen LogP contribution in [0.5, 0.6) is 0 Å². The van der Waals surface area contributed by atoms with Crippen molar-refractivity contribution < 1.29 is 24.2 Å². The molecule has 0 fully saturated rings. The Kier molecular flexibility index (Phi) is 42.5. The molecular weight excluding hydrogens is 669 g/mol. The summed E-state index contributed by atoms with van der Waals surface area (Å²) >= 11 is 0. The topological polar surface area (TPSA) is 72.8 Å². The lowest BCUT2D eigenvalue weighted by atomic mass is 10.0. The van der Waals surface area contributed by atoms with Crippen LogP contribution in [0.1, 0.15) is 206 Å². The number of aliphatic hydroxyl groups excluding tert-OH is 1. The number of rotatable bonds is 40. The summed E-state index contributed by atoms with van der Waals surface area (Å²) in [6, 6.07) is 0. The molecule has 0 aromatic rings. The molecule has 0 aromatic carbocycles. The summed E-state index contributed by atoms with van der Waals surface area (Å²) in [7, 11) is 0. The number of aliphatic hydroxyl groups is 1. The van der Waals surface area contributed by atoms with E-state index >= 15 is 0 Å². The standard InChI is InChI=1S/C49H84O5/c1-3-5-7-9-11-12-13-14-15-16-17-18-19-20-21-22-23-24-25-26-27-28-29-30-31-32-33-34-35-36-38-40-42-44-49(52)54-47(45-50)46-53-48(51)43-41-39-37-10-8-6-4-2/h5,7,11-12,14-15,17-18,20-21,23-24,47,50H,3-4,6,8-10,13,16,19,22,25-46H2,1-2H3/b7-5-,12-11-,15-14-,18-17-,21-20-,24-23-.